The number of hydrogen-bond donors (Lipinski definition) is 1. The molecule has 1 amide bonds. The number of carbonyl (C=O) groups is 1. The molecule has 0 aliphatic carbocycles. The van der Waals surface area contributed by atoms with Crippen molar-refractivity contribution in [3.05, 3.63) is 69.8 Å². The number of methoxy groups -OCH3 is 1. The first-order chi connectivity index (χ1) is 12.5. The molecular weight excluding hydrogens is 338 g/mol. The lowest BCUT2D eigenvalue weighted by molar-refractivity contribution is -0.385. The van der Waals surface area contributed by atoms with Gasteiger partial charge in [0.15, 0.2) is 0 Å². The van der Waals surface area contributed by atoms with Crippen molar-refractivity contribution in [3.8, 4) is 5.75 Å². The summed E-state index contributed by atoms with van der Waals surface area (Å²) in [4.78, 5) is 27.6. The zero-order chi connectivity index (χ0) is 18.9. The molecule has 136 valence electrons. The number of nitro groups is 1. The Kier molecular flexibility index (Phi) is 6.67. The number of amides is 1. The van der Waals surface area contributed by atoms with Gasteiger partial charge in [0.25, 0.3) is 11.6 Å². The number of nitrogens with one attached hydrogen (secondary N) is 1. The van der Waals surface area contributed by atoms with Gasteiger partial charge in [0.1, 0.15) is 5.75 Å². The van der Waals surface area contributed by atoms with Crippen molar-refractivity contribution >= 4 is 17.8 Å². The fourth-order valence-corrected chi connectivity index (χ4v) is 2.16. The maximum absolute atomic E-state index is 12.1. The van der Waals surface area contributed by atoms with E-state index in [1.165, 1.54) is 25.3 Å². The van der Waals surface area contributed by atoms with Gasteiger partial charge in [0.05, 0.1) is 23.8 Å². The molecule has 0 saturated heterocycles. The summed E-state index contributed by atoms with van der Waals surface area (Å²) in [5.41, 5.74) is 1.03. The highest BCUT2D eigenvalue weighted by molar-refractivity contribution is 5.85. The molecule has 0 bridgehead atoms. The molecule has 2 aromatic rings. The predicted molar refractivity (Wildman–Crippen MR) is 96.1 cm³/mol. The summed E-state index contributed by atoms with van der Waals surface area (Å²) in [6, 6.07) is 13.5. The number of nitro benzene ring substituents is 1. The molecule has 1 unspecified atom stereocenters. The van der Waals surface area contributed by atoms with Gasteiger partial charge in [-0.1, -0.05) is 35.5 Å². The fraction of sp³-hybridized carbons (Fsp3) is 0.222. The molecule has 0 aliphatic heterocycles. The Hall–Kier alpha value is -3.42. The van der Waals surface area contributed by atoms with Crippen LogP contribution < -0.4 is 10.1 Å². The van der Waals surface area contributed by atoms with Gasteiger partial charge in [-0.25, -0.2) is 0 Å². The van der Waals surface area contributed by atoms with Crippen LogP contribution in [-0.2, 0) is 16.2 Å². The summed E-state index contributed by atoms with van der Waals surface area (Å²) in [7, 11) is 1.56. The molecule has 1 N–H and O–H groups in total. The molecule has 26 heavy (non-hydrogen) atoms. The first-order valence-electron chi connectivity index (χ1n) is 7.85. The van der Waals surface area contributed by atoms with Crippen LogP contribution in [0.5, 0.6) is 5.75 Å². The minimum absolute atomic E-state index is 0.0897. The van der Waals surface area contributed by atoms with Gasteiger partial charge in [0, 0.05) is 18.2 Å². The number of benzene rings is 2. The number of hydrogen-bond acceptors (Lipinski definition) is 6. The van der Waals surface area contributed by atoms with Crippen LogP contribution in [0.15, 0.2) is 53.7 Å². The fourth-order valence-electron chi connectivity index (χ4n) is 2.16. The second-order valence-corrected chi connectivity index (χ2v) is 5.33. The third kappa shape index (κ3) is 5.04. The molecule has 2 aromatic carbocycles. The summed E-state index contributed by atoms with van der Waals surface area (Å²) in [6.07, 6.45) is 0.353. The Morgan fingerprint density at radius 2 is 1.96 bits per heavy atom. The average Bonchev–Trinajstić information content (AvgIpc) is 2.66. The van der Waals surface area contributed by atoms with Gasteiger partial charge in [0.2, 0.25) is 6.10 Å². The normalized spacial score (nSPS) is 11.8. The zero-order valence-electron chi connectivity index (χ0n) is 14.4. The number of para-hydroxylation sites is 2. The second kappa shape index (κ2) is 9.16. The molecule has 0 spiro atoms. The smallest absolute Gasteiger partial charge is 0.278 e. The monoisotopic (exact) mass is 357 g/mol. The van der Waals surface area contributed by atoms with E-state index in [1.54, 1.807) is 25.3 Å². The van der Waals surface area contributed by atoms with Gasteiger partial charge in [-0.05, 0) is 19.1 Å². The number of rotatable bonds is 8. The van der Waals surface area contributed by atoms with Gasteiger partial charge in [-0.15, -0.1) is 0 Å². The third-order valence-corrected chi connectivity index (χ3v) is 3.56. The van der Waals surface area contributed by atoms with E-state index in [0.717, 1.165) is 5.56 Å². The Bertz CT molecular complexity index is 807. The van der Waals surface area contributed by atoms with Crippen LogP contribution in [0.4, 0.5) is 5.69 Å². The Labute approximate surface area is 150 Å². The van der Waals surface area contributed by atoms with Crippen LogP contribution in [0.1, 0.15) is 18.1 Å². The lowest BCUT2D eigenvalue weighted by Gasteiger charge is -2.12. The molecule has 8 nitrogen and oxygen atoms in total. The Balaban J connectivity index is 1.90. The summed E-state index contributed by atoms with van der Waals surface area (Å²) < 4.78 is 5.22. The Morgan fingerprint density at radius 1 is 1.27 bits per heavy atom. The molecular formula is C18H19N3O5. The van der Waals surface area contributed by atoms with E-state index in [0.29, 0.717) is 11.3 Å². The van der Waals surface area contributed by atoms with E-state index in [4.69, 9.17) is 9.57 Å². The molecule has 1 atom stereocenters. The van der Waals surface area contributed by atoms with Crippen molar-refractivity contribution < 1.29 is 19.3 Å². The standard InChI is InChI=1S/C18H19N3O5/c1-13(18(22)19-11-15-8-4-6-10-17(15)25-2)26-20-12-14-7-3-5-9-16(14)21(23)24/h3-10,12-13H,11H2,1-2H3,(H,19,22)/b20-12+. The number of nitrogens with zero attached hydrogens (tertiary/aromatic N) is 2. The van der Waals surface area contributed by atoms with E-state index in [9.17, 15) is 14.9 Å². The lowest BCUT2D eigenvalue weighted by atomic mass is 10.2. The van der Waals surface area contributed by atoms with Crippen LogP contribution in [0.3, 0.4) is 0 Å². The third-order valence-electron chi connectivity index (χ3n) is 3.56. The SMILES string of the molecule is COc1ccccc1CNC(=O)C(C)O/N=C/c1ccccc1[N+](=O)[O-]. The van der Waals surface area contributed by atoms with Gasteiger partial charge in [-0.3, -0.25) is 14.9 Å². The van der Waals surface area contributed by atoms with Crippen LogP contribution in [0.2, 0.25) is 0 Å². The molecule has 2 rings (SSSR count). The van der Waals surface area contributed by atoms with Gasteiger partial charge in [-0.2, -0.15) is 0 Å². The minimum atomic E-state index is -0.858. The molecule has 0 heterocycles. The Morgan fingerprint density at radius 3 is 2.69 bits per heavy atom. The molecule has 0 radical (unpaired) electrons. The van der Waals surface area contributed by atoms with Crippen molar-refractivity contribution in [1.82, 2.24) is 5.32 Å². The van der Waals surface area contributed by atoms with E-state index in [-0.39, 0.29) is 18.1 Å². The van der Waals surface area contributed by atoms with E-state index < -0.39 is 11.0 Å². The van der Waals surface area contributed by atoms with Crippen LogP contribution in [-0.4, -0.2) is 30.3 Å². The van der Waals surface area contributed by atoms with Crippen LogP contribution in [0, 0.1) is 10.1 Å². The zero-order valence-corrected chi connectivity index (χ0v) is 14.4. The van der Waals surface area contributed by atoms with Gasteiger partial charge < -0.3 is 14.9 Å². The van der Waals surface area contributed by atoms with Crippen LogP contribution >= 0.6 is 0 Å². The minimum Gasteiger partial charge on any atom is -0.496 e. The molecule has 0 aromatic heterocycles. The predicted octanol–water partition coefficient (Wildman–Crippen LogP) is 2.66. The van der Waals surface area contributed by atoms with Gasteiger partial charge >= 0.3 is 0 Å². The number of oxime groups is 1. The number of ether oxygens (including phenoxy) is 1. The topological polar surface area (TPSA) is 103 Å². The lowest BCUT2D eigenvalue weighted by Crippen LogP contribution is -2.33. The second-order valence-electron chi connectivity index (χ2n) is 5.33. The average molecular weight is 357 g/mol. The molecule has 0 saturated carbocycles. The molecule has 8 heteroatoms. The van der Waals surface area contributed by atoms with E-state index in [2.05, 4.69) is 10.5 Å². The van der Waals surface area contributed by atoms with Crippen molar-refractivity contribution in [3.63, 3.8) is 0 Å². The molecule has 0 aliphatic rings. The summed E-state index contributed by atoms with van der Waals surface area (Å²) >= 11 is 0. The van der Waals surface area contributed by atoms with E-state index >= 15 is 0 Å². The molecule has 0 fully saturated rings. The van der Waals surface area contributed by atoms with Crippen molar-refractivity contribution in [2.45, 2.75) is 19.6 Å². The maximum Gasteiger partial charge on any atom is 0.278 e. The van der Waals surface area contributed by atoms with E-state index in [1.807, 2.05) is 18.2 Å². The highest BCUT2D eigenvalue weighted by atomic mass is 16.6. The largest absolute Gasteiger partial charge is 0.496 e. The first-order valence-corrected chi connectivity index (χ1v) is 7.85. The van der Waals surface area contributed by atoms with Crippen LogP contribution in [0.25, 0.3) is 0 Å². The maximum atomic E-state index is 12.1. The highest BCUT2D eigenvalue weighted by Gasteiger charge is 2.15. The van der Waals surface area contributed by atoms with Crippen molar-refractivity contribution in [1.29, 1.82) is 0 Å². The quantitative estimate of drug-likeness (QED) is 0.444. The summed E-state index contributed by atoms with van der Waals surface area (Å²) in [5.74, 6) is 0.311. The highest BCUT2D eigenvalue weighted by Crippen LogP contribution is 2.17. The van der Waals surface area contributed by atoms with Crippen molar-refractivity contribution in [2.75, 3.05) is 7.11 Å². The summed E-state index contributed by atoms with van der Waals surface area (Å²) in [5, 5.41) is 17.3. The summed E-state index contributed by atoms with van der Waals surface area (Å²) in [6.45, 7) is 1.82. The number of carbonyl (C=O) groups excluding carboxylic acids is 1. The first kappa shape index (κ1) is 18.9. The van der Waals surface area contributed by atoms with Crippen molar-refractivity contribution in [2.24, 2.45) is 5.16 Å².